The number of hydrogen-bond donors (Lipinski definition) is 0. The van der Waals surface area contributed by atoms with Crippen molar-refractivity contribution in [3.8, 4) is 0 Å². The first-order valence-electron chi connectivity index (χ1n) is 11.4. The van der Waals surface area contributed by atoms with Gasteiger partial charge in [0.2, 0.25) is 0 Å². The largest absolute Gasteiger partial charge is 0.345 e. The lowest BCUT2D eigenvalue weighted by atomic mass is 9.82. The quantitative estimate of drug-likeness (QED) is 0.287. The van der Waals surface area contributed by atoms with Crippen LogP contribution in [0.3, 0.4) is 0 Å². The Labute approximate surface area is 184 Å². The van der Waals surface area contributed by atoms with Gasteiger partial charge in [-0.15, -0.1) is 0 Å². The van der Waals surface area contributed by atoms with E-state index >= 15 is 0 Å². The highest BCUT2D eigenvalue weighted by Crippen LogP contribution is 2.44. The van der Waals surface area contributed by atoms with Crippen LogP contribution in [0.5, 0.6) is 0 Å². The van der Waals surface area contributed by atoms with E-state index in [0.29, 0.717) is 0 Å². The monoisotopic (exact) mass is 406 g/mol. The molecule has 31 heavy (non-hydrogen) atoms. The predicted octanol–water partition coefficient (Wildman–Crippen LogP) is 7.43. The summed E-state index contributed by atoms with van der Waals surface area (Å²) in [5.41, 5.74) is 9.62. The molecule has 0 aliphatic heterocycles. The van der Waals surface area contributed by atoms with Crippen LogP contribution in [0.4, 0.5) is 0 Å². The van der Waals surface area contributed by atoms with Gasteiger partial charge in [-0.25, -0.2) is 0 Å². The molecule has 0 fully saturated rings. The molecule has 2 heterocycles. The van der Waals surface area contributed by atoms with E-state index in [1.807, 2.05) is 0 Å². The average molecular weight is 407 g/mol. The molecule has 0 aliphatic carbocycles. The van der Waals surface area contributed by atoms with Gasteiger partial charge in [0.15, 0.2) is 0 Å². The maximum Gasteiger partial charge on any atom is 0.0485 e. The van der Waals surface area contributed by atoms with E-state index in [1.165, 1.54) is 49.9 Å². The number of rotatable bonds is 5. The van der Waals surface area contributed by atoms with Crippen molar-refractivity contribution in [1.29, 1.82) is 0 Å². The van der Waals surface area contributed by atoms with E-state index in [-0.39, 0.29) is 5.92 Å². The molecule has 0 radical (unpaired) electrons. The first-order valence-corrected chi connectivity index (χ1v) is 11.4. The Kier molecular flexibility index (Phi) is 4.94. The number of fused-ring (bicyclic) bond motifs is 2. The number of para-hydroxylation sites is 2. The molecular weight excluding hydrogens is 376 g/mol. The third-order valence-corrected chi connectivity index (χ3v) is 6.90. The summed E-state index contributed by atoms with van der Waals surface area (Å²) in [5.74, 6) is 0.191. The first-order chi connectivity index (χ1) is 15.2. The molecule has 2 heteroatoms. The molecule has 0 unspecified atom stereocenters. The average Bonchev–Trinajstić information content (AvgIpc) is 3.25. The molecule has 0 saturated heterocycles. The fourth-order valence-corrected chi connectivity index (χ4v) is 5.58. The van der Waals surface area contributed by atoms with E-state index < -0.39 is 0 Å². The summed E-state index contributed by atoms with van der Waals surface area (Å²) in [5, 5.41) is 2.73. The van der Waals surface area contributed by atoms with Crippen molar-refractivity contribution in [2.45, 2.75) is 46.7 Å². The fraction of sp³-hybridized carbons (Fsp3) is 0.241. The predicted molar refractivity (Wildman–Crippen MR) is 132 cm³/mol. The molecule has 0 amide bonds. The Morgan fingerprint density at radius 3 is 1.45 bits per heavy atom. The minimum absolute atomic E-state index is 0.191. The minimum atomic E-state index is 0.191. The normalized spacial score (nSPS) is 11.8. The third kappa shape index (κ3) is 2.93. The van der Waals surface area contributed by atoms with Crippen LogP contribution in [0.15, 0.2) is 78.9 Å². The summed E-state index contributed by atoms with van der Waals surface area (Å²) >= 11 is 0. The number of hydrogen-bond acceptors (Lipinski definition) is 0. The van der Waals surface area contributed by atoms with E-state index in [4.69, 9.17) is 0 Å². The molecule has 5 rings (SSSR count). The lowest BCUT2D eigenvalue weighted by Crippen LogP contribution is -2.08. The Bertz CT molecular complexity index is 1280. The molecule has 2 nitrogen and oxygen atoms in total. The van der Waals surface area contributed by atoms with Gasteiger partial charge in [0.1, 0.15) is 0 Å². The molecule has 3 aromatic carbocycles. The molecule has 0 N–H and O–H groups in total. The van der Waals surface area contributed by atoms with Gasteiger partial charge in [-0.3, -0.25) is 0 Å². The maximum absolute atomic E-state index is 2.47. The van der Waals surface area contributed by atoms with E-state index in [1.54, 1.807) is 0 Å². The van der Waals surface area contributed by atoms with Gasteiger partial charge in [-0.2, -0.15) is 0 Å². The van der Waals surface area contributed by atoms with Crippen molar-refractivity contribution >= 4 is 21.8 Å². The van der Waals surface area contributed by atoms with Crippen molar-refractivity contribution < 1.29 is 0 Å². The van der Waals surface area contributed by atoms with Crippen LogP contribution < -0.4 is 0 Å². The molecule has 0 spiro atoms. The van der Waals surface area contributed by atoms with Crippen LogP contribution in [-0.2, 0) is 13.1 Å². The highest BCUT2D eigenvalue weighted by molar-refractivity contribution is 5.91. The zero-order valence-electron chi connectivity index (χ0n) is 18.9. The summed E-state index contributed by atoms with van der Waals surface area (Å²) in [6, 6.07) is 28.8. The third-order valence-electron chi connectivity index (χ3n) is 6.90. The molecule has 5 aromatic rings. The van der Waals surface area contributed by atoms with Crippen LogP contribution in [0.25, 0.3) is 21.8 Å². The van der Waals surface area contributed by atoms with Crippen molar-refractivity contribution in [1.82, 2.24) is 9.13 Å². The first kappa shape index (κ1) is 19.7. The Balaban J connectivity index is 1.93. The molecule has 0 aliphatic rings. The van der Waals surface area contributed by atoms with Crippen molar-refractivity contribution in [3.63, 3.8) is 0 Å². The van der Waals surface area contributed by atoms with Crippen LogP contribution in [0, 0.1) is 13.8 Å². The van der Waals surface area contributed by atoms with Crippen LogP contribution >= 0.6 is 0 Å². The van der Waals surface area contributed by atoms with E-state index in [0.717, 1.165) is 13.1 Å². The van der Waals surface area contributed by atoms with Gasteiger partial charge in [-0.1, -0.05) is 66.7 Å². The van der Waals surface area contributed by atoms with Gasteiger partial charge in [0.05, 0.1) is 0 Å². The number of benzene rings is 3. The standard InChI is InChI=1S/C29H30N2/c1-5-30-20(3)27(23-16-10-12-18-25(23)30)29(22-14-8-7-9-15-22)28-21(4)31(6-2)26-19-13-11-17-24(26)28/h7-19,29H,5-6H2,1-4H3. The van der Waals surface area contributed by atoms with Crippen molar-refractivity contribution in [2.24, 2.45) is 0 Å². The second-order valence-corrected chi connectivity index (χ2v) is 8.36. The molecule has 0 bridgehead atoms. The Morgan fingerprint density at radius 1 is 0.581 bits per heavy atom. The second-order valence-electron chi connectivity index (χ2n) is 8.36. The SMILES string of the molecule is CCn1c(C)c(C(c2ccccc2)c2c(C)n(CC)c3ccccc23)c2ccccc21. The molecular formula is C29H30N2. The lowest BCUT2D eigenvalue weighted by molar-refractivity contribution is 0.748. The van der Waals surface area contributed by atoms with Crippen LogP contribution in [-0.4, -0.2) is 9.13 Å². The minimum Gasteiger partial charge on any atom is -0.345 e. The lowest BCUT2D eigenvalue weighted by Gasteiger charge is -2.21. The summed E-state index contributed by atoms with van der Waals surface area (Å²) in [4.78, 5) is 0. The zero-order chi connectivity index (χ0) is 21.5. The number of aromatic nitrogens is 2. The van der Waals surface area contributed by atoms with Crippen molar-refractivity contribution in [2.75, 3.05) is 0 Å². The van der Waals surface area contributed by atoms with Crippen molar-refractivity contribution in [3.05, 3.63) is 107 Å². The molecule has 156 valence electrons. The van der Waals surface area contributed by atoms with Crippen LogP contribution in [0.2, 0.25) is 0 Å². The smallest absolute Gasteiger partial charge is 0.0485 e. The van der Waals surface area contributed by atoms with Gasteiger partial charge in [0.25, 0.3) is 0 Å². The molecule has 2 aromatic heterocycles. The fourth-order valence-electron chi connectivity index (χ4n) is 5.58. The van der Waals surface area contributed by atoms with Gasteiger partial charge in [0, 0.05) is 52.2 Å². The van der Waals surface area contributed by atoms with Crippen LogP contribution in [0.1, 0.15) is 47.8 Å². The highest BCUT2D eigenvalue weighted by atomic mass is 15.0. The molecule has 0 saturated carbocycles. The topological polar surface area (TPSA) is 9.86 Å². The Morgan fingerprint density at radius 2 is 1.00 bits per heavy atom. The van der Waals surface area contributed by atoms with Gasteiger partial charge < -0.3 is 9.13 Å². The summed E-state index contributed by atoms with van der Waals surface area (Å²) in [6.45, 7) is 11.0. The van der Waals surface area contributed by atoms with E-state index in [9.17, 15) is 0 Å². The molecule has 0 atom stereocenters. The second kappa shape index (κ2) is 7.77. The summed E-state index contributed by atoms with van der Waals surface area (Å²) in [7, 11) is 0. The van der Waals surface area contributed by atoms with E-state index in [2.05, 4.69) is 116 Å². The van der Waals surface area contributed by atoms with Gasteiger partial charge >= 0.3 is 0 Å². The summed E-state index contributed by atoms with van der Waals surface area (Å²) < 4.78 is 4.93. The van der Waals surface area contributed by atoms with Gasteiger partial charge in [-0.05, 0) is 56.5 Å². The maximum atomic E-state index is 2.47. The zero-order valence-corrected chi connectivity index (χ0v) is 18.9. The number of nitrogens with zero attached hydrogens (tertiary/aromatic N) is 2. The Hall–Kier alpha value is -3.26. The number of aryl methyl sites for hydroxylation is 2. The summed E-state index contributed by atoms with van der Waals surface area (Å²) in [6.07, 6.45) is 0. The highest BCUT2D eigenvalue weighted by Gasteiger charge is 2.29.